The summed E-state index contributed by atoms with van der Waals surface area (Å²) in [6.45, 7) is 0.196. The Bertz CT molecular complexity index is 429. The second-order valence-electron chi connectivity index (χ2n) is 4.00. The molecule has 0 aliphatic carbocycles. The van der Waals surface area contributed by atoms with Crippen molar-refractivity contribution in [3.63, 3.8) is 0 Å². The van der Waals surface area contributed by atoms with E-state index in [-0.39, 0.29) is 31.8 Å². The number of hydrogen-bond acceptors (Lipinski definition) is 2. The van der Waals surface area contributed by atoms with Crippen LogP contribution >= 0.6 is 15.9 Å². The third-order valence-corrected chi connectivity index (χ3v) is 3.42. The van der Waals surface area contributed by atoms with Crippen LogP contribution in [0.5, 0.6) is 0 Å². The van der Waals surface area contributed by atoms with Crippen LogP contribution in [0.2, 0.25) is 0 Å². The van der Waals surface area contributed by atoms with Gasteiger partial charge in [0.05, 0.1) is 5.56 Å². The number of pyridine rings is 1. The molecule has 1 saturated heterocycles. The molecule has 1 aromatic heterocycles. The highest BCUT2D eigenvalue weighted by molar-refractivity contribution is 9.10. The SMILES string of the molecule is O=C(c1ccncc1Br)N1CCC(F)(F)CC1. The largest absolute Gasteiger partial charge is 0.338 e. The fourth-order valence-corrected chi connectivity index (χ4v) is 2.18. The van der Waals surface area contributed by atoms with E-state index in [0.717, 1.165) is 0 Å². The first-order valence-corrected chi connectivity index (χ1v) is 6.05. The molecule has 0 radical (unpaired) electrons. The van der Waals surface area contributed by atoms with Crippen molar-refractivity contribution in [1.82, 2.24) is 9.88 Å². The quantitative estimate of drug-likeness (QED) is 0.799. The van der Waals surface area contributed by atoms with Crippen molar-refractivity contribution in [1.29, 1.82) is 0 Å². The van der Waals surface area contributed by atoms with Gasteiger partial charge in [-0.1, -0.05) is 0 Å². The molecular weight excluding hydrogens is 294 g/mol. The number of likely N-dealkylation sites (tertiary alicyclic amines) is 1. The van der Waals surface area contributed by atoms with E-state index in [9.17, 15) is 13.6 Å². The number of piperidine rings is 1. The van der Waals surface area contributed by atoms with Gasteiger partial charge in [-0.25, -0.2) is 8.78 Å². The summed E-state index contributed by atoms with van der Waals surface area (Å²) in [5.74, 6) is -2.86. The first-order chi connectivity index (χ1) is 7.99. The van der Waals surface area contributed by atoms with Crippen molar-refractivity contribution in [3.8, 4) is 0 Å². The Kier molecular flexibility index (Phi) is 3.42. The zero-order chi connectivity index (χ0) is 12.5. The van der Waals surface area contributed by atoms with Gasteiger partial charge in [-0.3, -0.25) is 9.78 Å². The molecule has 0 N–H and O–H groups in total. The zero-order valence-electron chi connectivity index (χ0n) is 9.00. The first kappa shape index (κ1) is 12.4. The van der Waals surface area contributed by atoms with Crippen molar-refractivity contribution in [3.05, 3.63) is 28.5 Å². The van der Waals surface area contributed by atoms with E-state index < -0.39 is 5.92 Å². The molecule has 0 bridgehead atoms. The van der Waals surface area contributed by atoms with Gasteiger partial charge in [0.25, 0.3) is 11.8 Å². The predicted molar refractivity (Wildman–Crippen MR) is 62.0 cm³/mol. The molecule has 3 nitrogen and oxygen atoms in total. The molecule has 6 heteroatoms. The van der Waals surface area contributed by atoms with E-state index in [1.807, 2.05) is 0 Å². The average molecular weight is 305 g/mol. The lowest BCUT2D eigenvalue weighted by molar-refractivity contribution is -0.0494. The van der Waals surface area contributed by atoms with Crippen molar-refractivity contribution < 1.29 is 13.6 Å². The zero-order valence-corrected chi connectivity index (χ0v) is 10.6. The number of nitrogens with zero attached hydrogens (tertiary/aromatic N) is 2. The molecule has 0 aromatic carbocycles. The fourth-order valence-electron chi connectivity index (χ4n) is 1.76. The highest BCUT2D eigenvalue weighted by Gasteiger charge is 2.35. The van der Waals surface area contributed by atoms with Crippen LogP contribution in [0.25, 0.3) is 0 Å². The topological polar surface area (TPSA) is 33.2 Å². The minimum Gasteiger partial charge on any atom is -0.338 e. The summed E-state index contributed by atoms with van der Waals surface area (Å²) in [6.07, 6.45) is 2.51. The van der Waals surface area contributed by atoms with Crippen LogP contribution in [-0.2, 0) is 0 Å². The number of aromatic nitrogens is 1. The highest BCUT2D eigenvalue weighted by Crippen LogP contribution is 2.29. The van der Waals surface area contributed by atoms with Crippen LogP contribution in [0.1, 0.15) is 23.2 Å². The summed E-state index contributed by atoms with van der Waals surface area (Å²) < 4.78 is 26.5. The van der Waals surface area contributed by atoms with Crippen molar-refractivity contribution in [2.45, 2.75) is 18.8 Å². The number of rotatable bonds is 1. The number of halogens is 3. The summed E-state index contributed by atoms with van der Waals surface area (Å²) in [6, 6.07) is 1.58. The van der Waals surface area contributed by atoms with Gasteiger partial charge in [-0.2, -0.15) is 0 Å². The second-order valence-corrected chi connectivity index (χ2v) is 4.86. The number of hydrogen-bond donors (Lipinski definition) is 0. The molecular formula is C11H11BrF2N2O. The molecule has 0 unspecified atom stereocenters. The van der Waals surface area contributed by atoms with Crippen LogP contribution in [0, 0.1) is 0 Å². The Morgan fingerprint density at radius 2 is 2.06 bits per heavy atom. The Balaban J connectivity index is 2.10. The average Bonchev–Trinajstić information content (AvgIpc) is 2.29. The number of carbonyl (C=O) groups is 1. The summed E-state index contributed by atoms with van der Waals surface area (Å²) in [7, 11) is 0. The Labute approximate surface area is 106 Å². The minimum atomic E-state index is -2.63. The van der Waals surface area contributed by atoms with E-state index in [2.05, 4.69) is 20.9 Å². The summed E-state index contributed by atoms with van der Waals surface area (Å²) in [4.78, 5) is 17.4. The molecule has 92 valence electrons. The van der Waals surface area contributed by atoms with Gasteiger partial charge in [0.15, 0.2) is 0 Å². The summed E-state index contributed by atoms with van der Waals surface area (Å²) in [5, 5.41) is 0. The van der Waals surface area contributed by atoms with Gasteiger partial charge in [-0.15, -0.1) is 0 Å². The van der Waals surface area contributed by atoms with Crippen LogP contribution < -0.4 is 0 Å². The van der Waals surface area contributed by atoms with E-state index in [0.29, 0.717) is 10.0 Å². The Hall–Kier alpha value is -1.04. The third kappa shape index (κ3) is 2.80. The molecule has 2 heterocycles. The van der Waals surface area contributed by atoms with Gasteiger partial charge in [0.2, 0.25) is 0 Å². The van der Waals surface area contributed by atoms with Crippen molar-refractivity contribution in [2.75, 3.05) is 13.1 Å². The molecule has 0 saturated carbocycles. The summed E-state index contributed by atoms with van der Waals surface area (Å²) in [5.41, 5.74) is 0.463. The van der Waals surface area contributed by atoms with E-state index in [4.69, 9.17) is 0 Å². The lowest BCUT2D eigenvalue weighted by Crippen LogP contribution is -2.42. The third-order valence-electron chi connectivity index (χ3n) is 2.79. The maximum atomic E-state index is 13.0. The van der Waals surface area contributed by atoms with Gasteiger partial charge in [-0.05, 0) is 22.0 Å². The molecule has 0 spiro atoms. The number of carbonyl (C=O) groups excluding carboxylic acids is 1. The van der Waals surface area contributed by atoms with E-state index >= 15 is 0 Å². The highest BCUT2D eigenvalue weighted by atomic mass is 79.9. The Morgan fingerprint density at radius 3 is 2.65 bits per heavy atom. The maximum absolute atomic E-state index is 13.0. The smallest absolute Gasteiger partial charge is 0.255 e. The van der Waals surface area contributed by atoms with E-state index in [1.54, 1.807) is 6.07 Å². The molecule has 2 rings (SSSR count). The van der Waals surface area contributed by atoms with Crippen molar-refractivity contribution in [2.24, 2.45) is 0 Å². The first-order valence-electron chi connectivity index (χ1n) is 5.26. The fraction of sp³-hybridized carbons (Fsp3) is 0.455. The van der Waals surface area contributed by atoms with Crippen LogP contribution in [-0.4, -0.2) is 34.8 Å². The lowest BCUT2D eigenvalue weighted by atomic mass is 10.1. The molecule has 17 heavy (non-hydrogen) atoms. The number of amides is 1. The molecule has 0 atom stereocenters. The lowest BCUT2D eigenvalue weighted by Gasteiger charge is -2.31. The van der Waals surface area contributed by atoms with Gasteiger partial charge < -0.3 is 4.90 Å². The van der Waals surface area contributed by atoms with Crippen LogP contribution in [0.15, 0.2) is 22.9 Å². The van der Waals surface area contributed by atoms with Gasteiger partial charge in [0, 0.05) is 42.8 Å². The second kappa shape index (κ2) is 4.68. The van der Waals surface area contributed by atoms with Gasteiger partial charge in [0.1, 0.15) is 0 Å². The minimum absolute atomic E-state index is 0.0978. The van der Waals surface area contributed by atoms with Crippen molar-refractivity contribution >= 4 is 21.8 Å². The predicted octanol–water partition coefficient (Wildman–Crippen LogP) is 2.72. The van der Waals surface area contributed by atoms with Crippen LogP contribution in [0.4, 0.5) is 8.78 Å². The molecule has 1 aliphatic heterocycles. The normalized spacial score (nSPS) is 19.1. The molecule has 1 fully saturated rings. The van der Waals surface area contributed by atoms with Gasteiger partial charge >= 0.3 is 0 Å². The maximum Gasteiger partial charge on any atom is 0.255 e. The Morgan fingerprint density at radius 1 is 1.41 bits per heavy atom. The summed E-state index contributed by atoms with van der Waals surface area (Å²) >= 11 is 3.23. The molecule has 1 amide bonds. The van der Waals surface area contributed by atoms with E-state index in [1.165, 1.54) is 17.3 Å². The molecule has 1 aromatic rings. The molecule has 1 aliphatic rings. The number of alkyl halides is 2. The standard InChI is InChI=1S/C11H11BrF2N2O/c12-9-7-15-4-1-8(9)10(17)16-5-2-11(13,14)3-6-16/h1,4,7H,2-3,5-6H2. The monoisotopic (exact) mass is 304 g/mol. The van der Waals surface area contributed by atoms with Crippen LogP contribution in [0.3, 0.4) is 0 Å².